The zero-order chi connectivity index (χ0) is 11.5. The van der Waals surface area contributed by atoms with Gasteiger partial charge in [0.05, 0.1) is 0 Å². The van der Waals surface area contributed by atoms with Gasteiger partial charge in [-0.1, -0.05) is 20.3 Å². The number of hydrogen-bond acceptors (Lipinski definition) is 2. The number of nitrogens with one attached hydrogen (secondary N) is 1. The lowest BCUT2D eigenvalue weighted by molar-refractivity contribution is 0.163. The Morgan fingerprint density at radius 3 is 2.75 bits per heavy atom. The molecule has 3 atom stereocenters. The van der Waals surface area contributed by atoms with Crippen LogP contribution in [0.4, 0.5) is 0 Å². The molecule has 1 aliphatic rings. The van der Waals surface area contributed by atoms with Crippen LogP contribution in [-0.2, 0) is 0 Å². The molecule has 1 N–H and O–H groups in total. The molecule has 0 bridgehead atoms. The van der Waals surface area contributed by atoms with Crippen LogP contribution in [0.5, 0.6) is 0 Å². The number of hydrogen-bond donors (Lipinski definition) is 1. The average Bonchev–Trinajstić information content (AvgIpc) is 2.64. The third-order valence-electron chi connectivity index (χ3n) is 3.80. The van der Waals surface area contributed by atoms with Gasteiger partial charge in [0.2, 0.25) is 0 Å². The van der Waals surface area contributed by atoms with Crippen LogP contribution in [0, 0.1) is 12.8 Å². The highest BCUT2D eigenvalue weighted by atomic mass is 32.1. The molecule has 1 fully saturated rings. The second-order valence-corrected chi connectivity index (χ2v) is 6.24. The SMILES string of the molecule is CCCNC1CC(c2ccc(C)s2)C1CC. The molecule has 0 spiro atoms. The second kappa shape index (κ2) is 5.33. The van der Waals surface area contributed by atoms with E-state index in [9.17, 15) is 0 Å². The van der Waals surface area contributed by atoms with E-state index in [1.54, 1.807) is 4.88 Å². The lowest BCUT2D eigenvalue weighted by Gasteiger charge is -2.45. The van der Waals surface area contributed by atoms with E-state index in [4.69, 9.17) is 0 Å². The molecule has 1 heterocycles. The molecule has 1 nitrogen and oxygen atoms in total. The van der Waals surface area contributed by atoms with Crippen LogP contribution in [0.15, 0.2) is 12.1 Å². The van der Waals surface area contributed by atoms with Crippen LogP contribution in [0.1, 0.15) is 48.8 Å². The smallest absolute Gasteiger partial charge is 0.0108 e. The molecule has 0 radical (unpaired) electrons. The van der Waals surface area contributed by atoms with Gasteiger partial charge in [-0.2, -0.15) is 0 Å². The maximum absolute atomic E-state index is 3.68. The van der Waals surface area contributed by atoms with E-state index in [0.717, 1.165) is 17.9 Å². The average molecular weight is 237 g/mol. The summed E-state index contributed by atoms with van der Waals surface area (Å²) in [6.45, 7) is 7.96. The number of rotatable bonds is 5. The summed E-state index contributed by atoms with van der Waals surface area (Å²) >= 11 is 1.99. The van der Waals surface area contributed by atoms with Crippen LogP contribution in [0.2, 0.25) is 0 Å². The van der Waals surface area contributed by atoms with Crippen LogP contribution in [0.3, 0.4) is 0 Å². The van der Waals surface area contributed by atoms with E-state index < -0.39 is 0 Å². The molecular weight excluding hydrogens is 214 g/mol. The lowest BCUT2D eigenvalue weighted by atomic mass is 9.67. The van der Waals surface area contributed by atoms with Crippen molar-refractivity contribution in [1.29, 1.82) is 0 Å². The van der Waals surface area contributed by atoms with Crippen molar-refractivity contribution in [2.45, 2.75) is 52.0 Å². The predicted molar refractivity (Wildman–Crippen MR) is 72.3 cm³/mol. The summed E-state index contributed by atoms with van der Waals surface area (Å²) in [4.78, 5) is 3.06. The van der Waals surface area contributed by atoms with Crippen molar-refractivity contribution < 1.29 is 0 Å². The Kier molecular flexibility index (Phi) is 4.04. The first-order valence-corrected chi connectivity index (χ1v) is 7.37. The van der Waals surface area contributed by atoms with Crippen LogP contribution in [0.25, 0.3) is 0 Å². The first kappa shape index (κ1) is 12.1. The fraction of sp³-hybridized carbons (Fsp3) is 0.714. The fourth-order valence-electron chi connectivity index (χ4n) is 2.82. The summed E-state index contributed by atoms with van der Waals surface area (Å²) in [5.74, 6) is 1.70. The highest BCUT2D eigenvalue weighted by Crippen LogP contribution is 2.46. The van der Waals surface area contributed by atoms with Gasteiger partial charge in [0, 0.05) is 15.8 Å². The summed E-state index contributed by atoms with van der Waals surface area (Å²) in [5, 5.41) is 3.68. The molecule has 1 aromatic rings. The highest BCUT2D eigenvalue weighted by molar-refractivity contribution is 7.12. The van der Waals surface area contributed by atoms with Gasteiger partial charge in [-0.05, 0) is 50.3 Å². The molecular formula is C14H23NS. The third kappa shape index (κ3) is 2.33. The standard InChI is InChI=1S/C14H23NS/c1-4-8-15-13-9-12(11(13)5-2)14-7-6-10(3)16-14/h6-7,11-13,15H,4-5,8-9H2,1-3H3. The minimum absolute atomic E-state index is 0.775. The van der Waals surface area contributed by atoms with Gasteiger partial charge in [-0.3, -0.25) is 0 Å². The monoisotopic (exact) mass is 237 g/mol. The van der Waals surface area contributed by atoms with Crippen molar-refractivity contribution in [3.63, 3.8) is 0 Å². The number of aryl methyl sites for hydroxylation is 1. The molecule has 0 aromatic carbocycles. The van der Waals surface area contributed by atoms with Gasteiger partial charge in [0.15, 0.2) is 0 Å². The normalized spacial score (nSPS) is 29.1. The Morgan fingerprint density at radius 2 is 2.19 bits per heavy atom. The minimum atomic E-state index is 0.775. The quantitative estimate of drug-likeness (QED) is 0.818. The second-order valence-electron chi connectivity index (χ2n) is 4.92. The zero-order valence-electron chi connectivity index (χ0n) is 10.6. The summed E-state index contributed by atoms with van der Waals surface area (Å²) < 4.78 is 0. The van der Waals surface area contributed by atoms with E-state index in [2.05, 4.69) is 38.2 Å². The lowest BCUT2D eigenvalue weighted by Crippen LogP contribution is -2.48. The van der Waals surface area contributed by atoms with Crippen LogP contribution < -0.4 is 5.32 Å². The van der Waals surface area contributed by atoms with Crippen molar-refractivity contribution in [3.05, 3.63) is 21.9 Å². The van der Waals surface area contributed by atoms with Gasteiger partial charge in [0.25, 0.3) is 0 Å². The minimum Gasteiger partial charge on any atom is -0.314 e. The number of thiophene rings is 1. The molecule has 1 saturated carbocycles. The van der Waals surface area contributed by atoms with Crippen LogP contribution >= 0.6 is 11.3 Å². The van der Waals surface area contributed by atoms with Crippen molar-refractivity contribution >= 4 is 11.3 Å². The van der Waals surface area contributed by atoms with Crippen molar-refractivity contribution in [3.8, 4) is 0 Å². The molecule has 0 amide bonds. The predicted octanol–water partition coefficient (Wildman–Crippen LogP) is 3.94. The fourth-order valence-corrected chi connectivity index (χ4v) is 3.89. The maximum atomic E-state index is 3.68. The zero-order valence-corrected chi connectivity index (χ0v) is 11.4. The van der Waals surface area contributed by atoms with Gasteiger partial charge in [0.1, 0.15) is 0 Å². The largest absolute Gasteiger partial charge is 0.314 e. The summed E-state index contributed by atoms with van der Waals surface area (Å²) in [6, 6.07) is 5.38. The maximum Gasteiger partial charge on any atom is 0.0108 e. The Bertz CT molecular complexity index is 331. The Morgan fingerprint density at radius 1 is 1.38 bits per heavy atom. The first-order valence-electron chi connectivity index (χ1n) is 6.56. The van der Waals surface area contributed by atoms with E-state index in [1.807, 2.05) is 11.3 Å². The van der Waals surface area contributed by atoms with Crippen LogP contribution in [-0.4, -0.2) is 12.6 Å². The summed E-state index contributed by atoms with van der Waals surface area (Å²) in [7, 11) is 0. The molecule has 0 aliphatic heterocycles. The molecule has 0 saturated heterocycles. The van der Waals surface area contributed by atoms with Crippen molar-refractivity contribution in [2.24, 2.45) is 5.92 Å². The highest BCUT2D eigenvalue weighted by Gasteiger charge is 2.40. The molecule has 1 aliphatic carbocycles. The molecule has 16 heavy (non-hydrogen) atoms. The summed E-state index contributed by atoms with van der Waals surface area (Å²) in [5.41, 5.74) is 0. The van der Waals surface area contributed by atoms with E-state index >= 15 is 0 Å². The molecule has 3 unspecified atom stereocenters. The van der Waals surface area contributed by atoms with Crippen molar-refractivity contribution in [2.75, 3.05) is 6.54 Å². The van der Waals surface area contributed by atoms with Gasteiger partial charge in [-0.15, -0.1) is 11.3 Å². The topological polar surface area (TPSA) is 12.0 Å². The molecule has 2 rings (SSSR count). The molecule has 90 valence electrons. The Labute approximate surface area is 103 Å². The van der Waals surface area contributed by atoms with Gasteiger partial charge in [-0.25, -0.2) is 0 Å². The third-order valence-corrected chi connectivity index (χ3v) is 4.93. The van der Waals surface area contributed by atoms with E-state index in [-0.39, 0.29) is 0 Å². The Hall–Kier alpha value is -0.340. The van der Waals surface area contributed by atoms with Gasteiger partial charge >= 0.3 is 0 Å². The van der Waals surface area contributed by atoms with Crippen molar-refractivity contribution in [1.82, 2.24) is 5.32 Å². The Balaban J connectivity index is 1.94. The van der Waals surface area contributed by atoms with Gasteiger partial charge < -0.3 is 5.32 Å². The molecule has 1 aromatic heterocycles. The van der Waals surface area contributed by atoms with E-state index in [1.165, 1.54) is 30.7 Å². The summed E-state index contributed by atoms with van der Waals surface area (Å²) in [6.07, 6.45) is 3.90. The molecule has 2 heteroatoms. The van der Waals surface area contributed by atoms with E-state index in [0.29, 0.717) is 0 Å². The first-order chi connectivity index (χ1) is 7.76.